The smallest absolute Gasteiger partial charge is 0.180 e. The molecule has 102 valence electrons. The van der Waals surface area contributed by atoms with Crippen LogP contribution in [0.2, 0.25) is 0 Å². The van der Waals surface area contributed by atoms with Gasteiger partial charge in [-0.25, -0.2) is 0 Å². The van der Waals surface area contributed by atoms with Crippen LogP contribution in [0.25, 0.3) is 10.8 Å². The monoisotopic (exact) mass is 289 g/mol. The molecule has 0 fully saturated rings. The number of hydrogen-bond acceptors (Lipinski definition) is 1. The fraction of sp³-hybridized carbons (Fsp3) is 0.0526. The SMILES string of the molecule is C=[N+]1c2ccccc2S[C-]1c1cc2ccccc2cc1C. The largest absolute Gasteiger partial charge is 0.257 e. The lowest BCUT2D eigenvalue weighted by Gasteiger charge is -2.16. The standard InChI is InChI=1S/C19H15NS/c1-13-11-14-7-3-4-8-15(14)12-16(13)19-20(2)17-9-5-6-10-18(17)21-19/h3-12H,2H2,1H3. The summed E-state index contributed by atoms with van der Waals surface area (Å²) in [4.78, 5) is 1.27. The minimum absolute atomic E-state index is 1.19. The molecule has 0 aromatic heterocycles. The maximum Gasteiger partial charge on any atom is 0.180 e. The molecule has 3 aromatic rings. The van der Waals surface area contributed by atoms with E-state index in [1.807, 2.05) is 0 Å². The van der Waals surface area contributed by atoms with Crippen molar-refractivity contribution in [2.45, 2.75) is 11.8 Å². The highest BCUT2D eigenvalue weighted by Crippen LogP contribution is 2.49. The predicted molar refractivity (Wildman–Crippen MR) is 90.4 cm³/mol. The highest BCUT2D eigenvalue weighted by molar-refractivity contribution is 8.02. The molecule has 0 atom stereocenters. The number of aryl methyl sites for hydroxylation is 1. The van der Waals surface area contributed by atoms with E-state index in [1.54, 1.807) is 11.8 Å². The molecule has 0 spiro atoms. The molecule has 3 aromatic carbocycles. The molecule has 0 bridgehead atoms. The van der Waals surface area contributed by atoms with E-state index in [9.17, 15) is 0 Å². The highest BCUT2D eigenvalue weighted by Gasteiger charge is 2.30. The maximum atomic E-state index is 4.23. The predicted octanol–water partition coefficient (Wildman–Crippen LogP) is 5.14. The van der Waals surface area contributed by atoms with Crippen LogP contribution in [0.5, 0.6) is 0 Å². The minimum Gasteiger partial charge on any atom is -0.257 e. The summed E-state index contributed by atoms with van der Waals surface area (Å²) in [6.45, 7) is 6.41. The van der Waals surface area contributed by atoms with Crippen LogP contribution in [0, 0.1) is 12.3 Å². The van der Waals surface area contributed by atoms with Crippen molar-refractivity contribution in [3.63, 3.8) is 0 Å². The van der Waals surface area contributed by atoms with Crippen molar-refractivity contribution in [2.75, 3.05) is 0 Å². The normalized spacial score (nSPS) is 13.8. The average Bonchev–Trinajstić information content (AvgIpc) is 2.84. The first kappa shape index (κ1) is 12.5. The van der Waals surface area contributed by atoms with Crippen molar-refractivity contribution in [2.24, 2.45) is 0 Å². The van der Waals surface area contributed by atoms with E-state index in [2.05, 4.69) is 78.9 Å². The maximum absolute atomic E-state index is 4.23. The fourth-order valence-electron chi connectivity index (χ4n) is 2.82. The second kappa shape index (κ2) is 4.68. The van der Waals surface area contributed by atoms with Crippen LogP contribution in [-0.2, 0) is 0 Å². The average molecular weight is 289 g/mol. The Bertz CT molecular complexity index is 866. The summed E-state index contributed by atoms with van der Waals surface area (Å²) < 4.78 is 2.05. The number of hydrogen-bond donors (Lipinski definition) is 0. The Kier molecular flexibility index (Phi) is 2.79. The number of benzene rings is 3. The Morgan fingerprint density at radius 2 is 1.62 bits per heavy atom. The van der Waals surface area contributed by atoms with E-state index in [4.69, 9.17) is 0 Å². The lowest BCUT2D eigenvalue weighted by atomic mass is 10.0. The number of rotatable bonds is 1. The van der Waals surface area contributed by atoms with Crippen molar-refractivity contribution in [1.29, 1.82) is 0 Å². The zero-order valence-electron chi connectivity index (χ0n) is 11.8. The van der Waals surface area contributed by atoms with Gasteiger partial charge in [0.2, 0.25) is 0 Å². The van der Waals surface area contributed by atoms with Crippen LogP contribution in [0.4, 0.5) is 5.69 Å². The molecule has 1 nitrogen and oxygen atoms in total. The van der Waals surface area contributed by atoms with Gasteiger partial charge in [-0.1, -0.05) is 72.1 Å². The van der Waals surface area contributed by atoms with E-state index < -0.39 is 0 Å². The van der Waals surface area contributed by atoms with Gasteiger partial charge in [-0.15, -0.1) is 6.07 Å². The van der Waals surface area contributed by atoms with Crippen LogP contribution in [0.15, 0.2) is 65.6 Å². The van der Waals surface area contributed by atoms with Gasteiger partial charge in [-0.2, -0.15) is 0 Å². The summed E-state index contributed by atoms with van der Waals surface area (Å²) in [5.74, 6) is 0. The first-order chi connectivity index (χ1) is 10.2. The summed E-state index contributed by atoms with van der Waals surface area (Å²) in [5.41, 5.74) is 3.74. The molecule has 0 amide bonds. The quantitative estimate of drug-likeness (QED) is 0.443. The van der Waals surface area contributed by atoms with E-state index in [0.29, 0.717) is 0 Å². The van der Waals surface area contributed by atoms with Crippen LogP contribution >= 0.6 is 11.8 Å². The Balaban J connectivity index is 1.85. The van der Waals surface area contributed by atoms with E-state index in [1.165, 1.54) is 37.9 Å². The Hall–Kier alpha value is -2.19. The summed E-state index contributed by atoms with van der Waals surface area (Å²) in [7, 11) is 0. The Morgan fingerprint density at radius 3 is 2.38 bits per heavy atom. The molecule has 0 saturated heterocycles. The Morgan fingerprint density at radius 1 is 0.952 bits per heavy atom. The van der Waals surface area contributed by atoms with E-state index in [0.717, 1.165) is 0 Å². The van der Waals surface area contributed by atoms with Gasteiger partial charge in [0.1, 0.15) is 0 Å². The Labute approximate surface area is 128 Å². The van der Waals surface area contributed by atoms with Crippen molar-refractivity contribution >= 4 is 34.9 Å². The number of para-hydroxylation sites is 1. The topological polar surface area (TPSA) is 3.01 Å². The van der Waals surface area contributed by atoms with Gasteiger partial charge in [-0.3, -0.25) is 4.58 Å². The molecule has 4 rings (SSSR count). The summed E-state index contributed by atoms with van der Waals surface area (Å²) >= 11 is 1.80. The third-order valence-electron chi connectivity index (χ3n) is 3.93. The molecule has 0 aliphatic carbocycles. The van der Waals surface area contributed by atoms with Gasteiger partial charge >= 0.3 is 0 Å². The second-order valence-corrected chi connectivity index (χ2v) is 6.35. The lowest BCUT2D eigenvalue weighted by molar-refractivity contribution is -0.386. The summed E-state index contributed by atoms with van der Waals surface area (Å²) in [5, 5.41) is 3.77. The third-order valence-corrected chi connectivity index (χ3v) is 5.13. The van der Waals surface area contributed by atoms with Crippen LogP contribution in [0.3, 0.4) is 0 Å². The molecule has 1 aliphatic heterocycles. The van der Waals surface area contributed by atoms with Crippen LogP contribution in [-0.4, -0.2) is 11.3 Å². The first-order valence-electron chi connectivity index (χ1n) is 6.98. The third kappa shape index (κ3) is 1.95. The molecule has 0 radical (unpaired) electrons. The zero-order chi connectivity index (χ0) is 14.4. The van der Waals surface area contributed by atoms with Crippen molar-refractivity contribution in [3.8, 4) is 0 Å². The lowest BCUT2D eigenvalue weighted by Crippen LogP contribution is -2.07. The molecule has 1 heterocycles. The van der Waals surface area contributed by atoms with Crippen molar-refractivity contribution in [1.82, 2.24) is 0 Å². The van der Waals surface area contributed by atoms with E-state index in [-0.39, 0.29) is 0 Å². The van der Waals surface area contributed by atoms with Gasteiger partial charge < -0.3 is 0 Å². The molecule has 2 heteroatoms. The molecular formula is C19H15NS. The van der Waals surface area contributed by atoms with Crippen LogP contribution in [0.1, 0.15) is 11.1 Å². The second-order valence-electron chi connectivity index (χ2n) is 5.32. The summed E-state index contributed by atoms with van der Waals surface area (Å²) in [6, 6.07) is 21.5. The molecule has 0 saturated carbocycles. The molecule has 21 heavy (non-hydrogen) atoms. The number of fused-ring (bicyclic) bond motifs is 2. The van der Waals surface area contributed by atoms with Gasteiger partial charge in [0.05, 0.1) is 6.72 Å². The van der Waals surface area contributed by atoms with Crippen molar-refractivity contribution < 1.29 is 4.58 Å². The number of thioether (sulfide) groups is 1. The fourth-order valence-corrected chi connectivity index (χ4v) is 4.00. The van der Waals surface area contributed by atoms with Gasteiger partial charge in [-0.05, 0) is 23.1 Å². The highest BCUT2D eigenvalue weighted by atomic mass is 32.2. The van der Waals surface area contributed by atoms with Gasteiger partial charge in [0.15, 0.2) is 11.1 Å². The zero-order valence-corrected chi connectivity index (χ0v) is 12.7. The minimum atomic E-state index is 1.19. The van der Waals surface area contributed by atoms with E-state index >= 15 is 0 Å². The van der Waals surface area contributed by atoms with Crippen LogP contribution < -0.4 is 0 Å². The molecule has 0 unspecified atom stereocenters. The van der Waals surface area contributed by atoms with Gasteiger partial charge in [0.25, 0.3) is 0 Å². The molecule has 0 N–H and O–H groups in total. The first-order valence-corrected chi connectivity index (χ1v) is 7.80. The molecular weight excluding hydrogens is 274 g/mol. The van der Waals surface area contributed by atoms with Crippen molar-refractivity contribution in [3.05, 3.63) is 77.2 Å². The summed E-state index contributed by atoms with van der Waals surface area (Å²) in [6.07, 6.45) is 0. The van der Waals surface area contributed by atoms with Gasteiger partial charge in [0, 0.05) is 4.90 Å². The number of nitrogens with zero attached hydrogens (tertiary/aromatic N) is 1. The molecule has 1 aliphatic rings.